The molecule has 0 unspecified atom stereocenters. The predicted molar refractivity (Wildman–Crippen MR) is 151 cm³/mol. The number of nitrogens with one attached hydrogen (secondary N) is 1. The largest absolute Gasteiger partial charge is 0.324 e. The number of nitrogens with zero attached hydrogens (tertiary/aromatic N) is 3. The zero-order chi connectivity index (χ0) is 27.8. The number of hydrogen-bond donors (Lipinski definition) is 1. The molecule has 2 amide bonds. The average molecular weight is 575 g/mol. The Morgan fingerprint density at radius 1 is 1.05 bits per heavy atom. The van der Waals surface area contributed by atoms with E-state index in [0.29, 0.717) is 53.0 Å². The number of fused-ring (bicyclic) bond motifs is 3. The van der Waals surface area contributed by atoms with Gasteiger partial charge >= 0.3 is 0 Å². The summed E-state index contributed by atoms with van der Waals surface area (Å²) >= 11 is 12.6. The Morgan fingerprint density at radius 2 is 1.82 bits per heavy atom. The van der Waals surface area contributed by atoms with Gasteiger partial charge in [-0.05, 0) is 73.2 Å². The molecule has 6 nitrogen and oxygen atoms in total. The van der Waals surface area contributed by atoms with Crippen LogP contribution in [-0.2, 0) is 15.1 Å². The summed E-state index contributed by atoms with van der Waals surface area (Å²) in [5.74, 6) is -2.18. The first-order chi connectivity index (χ1) is 19.3. The number of halogens is 3. The summed E-state index contributed by atoms with van der Waals surface area (Å²) in [5.41, 5.74) is 1.41. The molecule has 4 aliphatic rings. The summed E-state index contributed by atoms with van der Waals surface area (Å²) in [6.07, 6.45) is 2.72. The Bertz CT molecular complexity index is 1600. The smallest absolute Gasteiger partial charge is 0.250 e. The second-order valence-electron chi connectivity index (χ2n) is 11.2. The number of anilines is 2. The number of likely N-dealkylation sites (tertiary alicyclic amines) is 1. The number of amides is 2. The molecular formula is C31H25Cl2FN4O2. The lowest BCUT2D eigenvalue weighted by Crippen LogP contribution is -2.54. The van der Waals surface area contributed by atoms with Gasteiger partial charge in [-0.2, -0.15) is 5.26 Å². The molecule has 0 radical (unpaired) electrons. The molecule has 1 saturated carbocycles. The van der Waals surface area contributed by atoms with E-state index >= 15 is 4.39 Å². The topological polar surface area (TPSA) is 76.4 Å². The van der Waals surface area contributed by atoms with Crippen molar-refractivity contribution in [2.75, 3.05) is 23.3 Å². The monoisotopic (exact) mass is 574 g/mol. The van der Waals surface area contributed by atoms with Crippen molar-refractivity contribution < 1.29 is 14.0 Å². The molecule has 1 aliphatic carbocycles. The van der Waals surface area contributed by atoms with Crippen molar-refractivity contribution in [2.24, 2.45) is 11.8 Å². The van der Waals surface area contributed by atoms with E-state index in [1.165, 1.54) is 6.07 Å². The van der Waals surface area contributed by atoms with Crippen molar-refractivity contribution in [3.05, 3.63) is 93.2 Å². The molecule has 3 aliphatic heterocycles. The van der Waals surface area contributed by atoms with Gasteiger partial charge in [0.1, 0.15) is 11.4 Å². The molecule has 1 spiro atoms. The number of piperidine rings is 1. The fourth-order valence-corrected chi connectivity index (χ4v) is 7.56. The van der Waals surface area contributed by atoms with E-state index in [0.717, 1.165) is 12.8 Å². The van der Waals surface area contributed by atoms with Crippen molar-refractivity contribution in [3.8, 4) is 6.07 Å². The maximum atomic E-state index is 16.0. The van der Waals surface area contributed by atoms with Gasteiger partial charge in [0.2, 0.25) is 11.8 Å². The minimum Gasteiger partial charge on any atom is -0.324 e. The third-order valence-corrected chi connectivity index (χ3v) is 9.57. The number of hydrogen-bond acceptors (Lipinski definition) is 4. The quantitative estimate of drug-likeness (QED) is 0.409. The van der Waals surface area contributed by atoms with Gasteiger partial charge in [-0.15, -0.1) is 0 Å². The molecular weight excluding hydrogens is 550 g/mol. The molecule has 3 aromatic rings. The number of rotatable bonds is 4. The minimum absolute atomic E-state index is 0.0493. The Morgan fingerprint density at radius 3 is 2.55 bits per heavy atom. The highest BCUT2D eigenvalue weighted by Crippen LogP contribution is 2.62. The van der Waals surface area contributed by atoms with Crippen LogP contribution in [0.5, 0.6) is 0 Å². The normalized spacial score (nSPS) is 27.4. The van der Waals surface area contributed by atoms with Crippen LogP contribution in [0.3, 0.4) is 0 Å². The van der Waals surface area contributed by atoms with Gasteiger partial charge in [0.05, 0.1) is 22.6 Å². The number of benzene rings is 3. The summed E-state index contributed by atoms with van der Waals surface area (Å²) in [5, 5.41) is 12.7. The van der Waals surface area contributed by atoms with Crippen molar-refractivity contribution >= 4 is 46.4 Å². The van der Waals surface area contributed by atoms with E-state index in [2.05, 4.69) is 16.3 Å². The lowest BCUT2D eigenvalue weighted by Gasteiger charge is -2.40. The molecule has 202 valence electrons. The Kier molecular flexibility index (Phi) is 5.94. The summed E-state index contributed by atoms with van der Waals surface area (Å²) < 4.78 is 16.0. The number of nitriles is 1. The van der Waals surface area contributed by atoms with Gasteiger partial charge in [0.25, 0.3) is 0 Å². The molecule has 40 heavy (non-hydrogen) atoms. The first-order valence-electron chi connectivity index (χ1n) is 13.5. The van der Waals surface area contributed by atoms with Crippen LogP contribution in [0.2, 0.25) is 10.0 Å². The van der Waals surface area contributed by atoms with Crippen LogP contribution < -0.4 is 10.2 Å². The summed E-state index contributed by atoms with van der Waals surface area (Å²) in [6, 6.07) is 18.8. The van der Waals surface area contributed by atoms with Crippen LogP contribution in [0, 0.1) is 29.0 Å². The van der Waals surface area contributed by atoms with Crippen LogP contribution in [0.25, 0.3) is 0 Å². The maximum absolute atomic E-state index is 16.0. The van der Waals surface area contributed by atoms with Crippen molar-refractivity contribution in [1.82, 2.24) is 4.90 Å². The summed E-state index contributed by atoms with van der Waals surface area (Å²) in [6.45, 7) is 1.09. The lowest BCUT2D eigenvalue weighted by atomic mass is 9.70. The highest BCUT2D eigenvalue weighted by molar-refractivity contribution is 6.31. The third-order valence-electron chi connectivity index (χ3n) is 9.04. The molecule has 3 aromatic carbocycles. The first kappa shape index (κ1) is 25.5. The van der Waals surface area contributed by atoms with Gasteiger partial charge in [-0.3, -0.25) is 14.5 Å². The molecule has 4 atom stereocenters. The van der Waals surface area contributed by atoms with Crippen molar-refractivity contribution in [2.45, 2.75) is 36.8 Å². The molecule has 1 N–H and O–H groups in total. The number of carbonyl (C=O) groups excluding carboxylic acids is 2. The zero-order valence-electron chi connectivity index (χ0n) is 21.4. The fourth-order valence-electron chi connectivity index (χ4n) is 7.21. The second-order valence-corrected chi connectivity index (χ2v) is 12.0. The highest BCUT2D eigenvalue weighted by Gasteiger charge is 2.70. The molecule has 0 bridgehead atoms. The lowest BCUT2D eigenvalue weighted by molar-refractivity contribution is -0.128. The zero-order valence-corrected chi connectivity index (χ0v) is 22.9. The summed E-state index contributed by atoms with van der Waals surface area (Å²) in [4.78, 5) is 32.8. The Balaban J connectivity index is 1.45. The highest BCUT2D eigenvalue weighted by atomic mass is 35.5. The van der Waals surface area contributed by atoms with Crippen LogP contribution in [0.15, 0.2) is 60.7 Å². The SMILES string of the molecule is N#Cc1ccc(N2CC[C@H]3[C@@H](C2=O)[C@H](c2cccc(Cl)c2F)[C@]2(C(=O)Nc4cc(Cl)ccc42)N3CC2CC2)cc1. The third kappa shape index (κ3) is 3.63. The van der Waals surface area contributed by atoms with E-state index in [9.17, 15) is 14.9 Å². The van der Waals surface area contributed by atoms with Crippen LogP contribution in [-0.4, -0.2) is 35.8 Å². The van der Waals surface area contributed by atoms with Crippen LogP contribution in [0.4, 0.5) is 15.8 Å². The van der Waals surface area contributed by atoms with E-state index in [1.54, 1.807) is 53.4 Å². The van der Waals surface area contributed by atoms with E-state index < -0.39 is 23.2 Å². The van der Waals surface area contributed by atoms with Gasteiger partial charge < -0.3 is 10.2 Å². The molecule has 3 heterocycles. The van der Waals surface area contributed by atoms with Crippen molar-refractivity contribution in [1.29, 1.82) is 5.26 Å². The molecule has 9 heteroatoms. The van der Waals surface area contributed by atoms with Gasteiger partial charge in [0.15, 0.2) is 0 Å². The Hall–Kier alpha value is -3.44. The van der Waals surface area contributed by atoms with Crippen LogP contribution >= 0.6 is 23.2 Å². The first-order valence-corrected chi connectivity index (χ1v) is 14.2. The van der Waals surface area contributed by atoms with E-state index in [4.69, 9.17) is 23.2 Å². The van der Waals surface area contributed by atoms with Crippen molar-refractivity contribution in [3.63, 3.8) is 0 Å². The molecule has 3 fully saturated rings. The molecule has 0 aromatic heterocycles. The molecule has 2 saturated heterocycles. The van der Waals surface area contributed by atoms with E-state index in [1.807, 2.05) is 6.07 Å². The average Bonchev–Trinajstić information content (AvgIpc) is 3.67. The summed E-state index contributed by atoms with van der Waals surface area (Å²) in [7, 11) is 0. The van der Waals surface area contributed by atoms with Gasteiger partial charge in [-0.25, -0.2) is 4.39 Å². The van der Waals surface area contributed by atoms with E-state index in [-0.39, 0.29) is 28.4 Å². The predicted octanol–water partition coefficient (Wildman–Crippen LogP) is 6.08. The second kappa shape index (κ2) is 9.31. The molecule has 7 rings (SSSR count). The van der Waals surface area contributed by atoms with Crippen LogP contribution in [0.1, 0.15) is 41.9 Å². The van der Waals surface area contributed by atoms with Gasteiger partial charge in [-0.1, -0.05) is 41.4 Å². The standard InChI is InChI=1S/C31H25Cl2FN4O2/c32-19-8-11-22-24(14-19)36-30(40)31(22)27(21-2-1-3-23(33)28(21)34)26-25(38(31)16-18-4-5-18)12-13-37(29(26)39)20-9-6-17(15-35)7-10-20/h1-3,6-11,14,18,25-27H,4-5,12-13,16H2,(H,36,40)/t25-,26+,27-,31+/m0/s1. The Labute approximate surface area is 241 Å². The minimum atomic E-state index is -1.31. The fraction of sp³-hybridized carbons (Fsp3) is 0.323. The number of carbonyl (C=O) groups is 2. The van der Waals surface area contributed by atoms with Gasteiger partial charge in [0, 0.05) is 47.0 Å². The maximum Gasteiger partial charge on any atom is 0.250 e.